The Hall–Kier alpha value is -3.44. The van der Waals surface area contributed by atoms with Crippen molar-refractivity contribution in [2.24, 2.45) is 0 Å². The summed E-state index contributed by atoms with van der Waals surface area (Å²) in [5.41, 5.74) is 2.68. The average Bonchev–Trinajstić information content (AvgIpc) is 2.77. The molecule has 31 heavy (non-hydrogen) atoms. The number of aryl methyl sites for hydroxylation is 1. The van der Waals surface area contributed by atoms with Gasteiger partial charge in [0.1, 0.15) is 0 Å². The molecule has 3 aromatic rings. The van der Waals surface area contributed by atoms with E-state index in [1.807, 2.05) is 25.1 Å². The molecule has 0 heterocycles. The van der Waals surface area contributed by atoms with Gasteiger partial charge in [-0.25, -0.2) is 4.79 Å². The minimum absolute atomic E-state index is 0.115. The predicted octanol–water partition coefficient (Wildman–Crippen LogP) is 4.91. The van der Waals surface area contributed by atoms with Crippen molar-refractivity contribution in [2.45, 2.75) is 19.9 Å². The third-order valence-electron chi connectivity index (χ3n) is 4.77. The second-order valence-corrected chi connectivity index (χ2v) is 7.60. The maximum Gasteiger partial charge on any atom is 0.339 e. The number of ether oxygens (including phenoxy) is 1. The van der Waals surface area contributed by atoms with Crippen molar-refractivity contribution in [1.29, 1.82) is 0 Å². The number of carbonyl (C=O) groups is 3. The fourth-order valence-corrected chi connectivity index (χ4v) is 3.27. The molecule has 0 saturated carbocycles. The van der Waals surface area contributed by atoms with Crippen molar-refractivity contribution in [3.05, 3.63) is 106 Å². The van der Waals surface area contributed by atoms with Crippen LogP contribution < -0.4 is 5.32 Å². The lowest BCUT2D eigenvalue weighted by atomic mass is 9.98. The lowest BCUT2D eigenvalue weighted by Gasteiger charge is -2.15. The van der Waals surface area contributed by atoms with E-state index in [0.717, 1.165) is 11.1 Å². The van der Waals surface area contributed by atoms with E-state index in [4.69, 9.17) is 16.3 Å². The van der Waals surface area contributed by atoms with Crippen molar-refractivity contribution in [1.82, 2.24) is 5.32 Å². The van der Waals surface area contributed by atoms with Gasteiger partial charge in [-0.2, -0.15) is 0 Å². The van der Waals surface area contributed by atoms with Crippen LogP contribution in [0.25, 0.3) is 0 Å². The molecule has 1 atom stereocenters. The van der Waals surface area contributed by atoms with Gasteiger partial charge < -0.3 is 10.1 Å². The van der Waals surface area contributed by atoms with E-state index >= 15 is 0 Å². The van der Waals surface area contributed by atoms with Gasteiger partial charge in [0.15, 0.2) is 12.4 Å². The van der Waals surface area contributed by atoms with E-state index < -0.39 is 18.5 Å². The summed E-state index contributed by atoms with van der Waals surface area (Å²) < 4.78 is 5.17. The Morgan fingerprint density at radius 2 is 1.61 bits per heavy atom. The molecule has 158 valence electrons. The van der Waals surface area contributed by atoms with Gasteiger partial charge in [0.2, 0.25) is 0 Å². The largest absolute Gasteiger partial charge is 0.452 e. The van der Waals surface area contributed by atoms with Gasteiger partial charge in [0, 0.05) is 16.1 Å². The topological polar surface area (TPSA) is 72.5 Å². The minimum Gasteiger partial charge on any atom is -0.452 e. The van der Waals surface area contributed by atoms with Crippen LogP contribution in [0.1, 0.15) is 50.4 Å². The Bertz CT molecular complexity index is 1110. The normalized spacial score (nSPS) is 11.5. The van der Waals surface area contributed by atoms with E-state index in [2.05, 4.69) is 5.32 Å². The predicted molar refractivity (Wildman–Crippen MR) is 119 cm³/mol. The number of rotatable bonds is 7. The molecule has 0 fully saturated rings. The van der Waals surface area contributed by atoms with E-state index in [1.165, 1.54) is 6.07 Å². The molecule has 0 saturated heterocycles. The highest BCUT2D eigenvalue weighted by molar-refractivity contribution is 6.30. The molecule has 0 aliphatic carbocycles. The Kier molecular flexibility index (Phi) is 7.21. The zero-order valence-electron chi connectivity index (χ0n) is 17.2. The molecule has 0 spiro atoms. The first-order chi connectivity index (χ1) is 14.8. The van der Waals surface area contributed by atoms with Gasteiger partial charge in [-0.05, 0) is 37.6 Å². The van der Waals surface area contributed by atoms with Gasteiger partial charge in [-0.3, -0.25) is 9.59 Å². The summed E-state index contributed by atoms with van der Waals surface area (Å²) in [5, 5.41) is 3.33. The Labute approximate surface area is 186 Å². The highest BCUT2D eigenvalue weighted by atomic mass is 35.5. The maximum atomic E-state index is 12.9. The molecular formula is C25H22ClNO4. The van der Waals surface area contributed by atoms with E-state index in [0.29, 0.717) is 10.6 Å². The van der Waals surface area contributed by atoms with E-state index in [1.54, 1.807) is 55.5 Å². The first-order valence-electron chi connectivity index (χ1n) is 9.77. The number of hydrogen-bond acceptors (Lipinski definition) is 4. The van der Waals surface area contributed by atoms with Gasteiger partial charge in [0.25, 0.3) is 5.91 Å². The average molecular weight is 436 g/mol. The Balaban J connectivity index is 1.65. The molecular weight excluding hydrogens is 414 g/mol. The standard InChI is InChI=1S/C25H22ClNO4/c1-16-10-12-18(13-11-16)24(29)21-8-3-4-9-22(21)25(30)31-15-23(28)27-17(2)19-6-5-7-20(26)14-19/h3-14,17H,15H2,1-2H3,(H,27,28)/t17-/m1/s1. The number of ketones is 1. The number of nitrogens with one attached hydrogen (secondary N) is 1. The zero-order chi connectivity index (χ0) is 22.4. The SMILES string of the molecule is Cc1ccc(C(=O)c2ccccc2C(=O)OCC(=O)N[C@H](C)c2cccc(Cl)c2)cc1. The molecule has 0 unspecified atom stereocenters. The molecule has 1 amide bonds. The van der Waals surface area contributed by atoms with Gasteiger partial charge in [-0.15, -0.1) is 0 Å². The third kappa shape index (κ3) is 5.80. The minimum atomic E-state index is -0.735. The number of amides is 1. The van der Waals surface area contributed by atoms with Crippen LogP contribution in [-0.4, -0.2) is 24.3 Å². The van der Waals surface area contributed by atoms with Crippen molar-refractivity contribution < 1.29 is 19.1 Å². The summed E-state index contributed by atoms with van der Waals surface area (Å²) in [4.78, 5) is 37.7. The van der Waals surface area contributed by atoms with Crippen LogP contribution in [0, 0.1) is 6.92 Å². The molecule has 0 radical (unpaired) electrons. The third-order valence-corrected chi connectivity index (χ3v) is 5.00. The molecule has 3 rings (SSSR count). The first-order valence-corrected chi connectivity index (χ1v) is 10.2. The summed E-state index contributed by atoms with van der Waals surface area (Å²) >= 11 is 5.98. The molecule has 1 N–H and O–H groups in total. The van der Waals surface area contributed by atoms with Gasteiger partial charge in [-0.1, -0.05) is 71.8 Å². The van der Waals surface area contributed by atoms with Crippen molar-refractivity contribution in [3.63, 3.8) is 0 Å². The molecule has 5 nitrogen and oxygen atoms in total. The summed E-state index contributed by atoms with van der Waals surface area (Å²) in [6.45, 7) is 3.27. The van der Waals surface area contributed by atoms with Crippen LogP contribution in [-0.2, 0) is 9.53 Å². The molecule has 0 aliphatic heterocycles. The number of carbonyl (C=O) groups excluding carboxylic acids is 3. The van der Waals surface area contributed by atoms with Crippen LogP contribution >= 0.6 is 11.6 Å². The summed E-state index contributed by atoms with van der Waals surface area (Å²) in [6, 6.07) is 20.3. The highest BCUT2D eigenvalue weighted by Gasteiger charge is 2.20. The second kappa shape index (κ2) is 10.0. The van der Waals surface area contributed by atoms with E-state index in [9.17, 15) is 14.4 Å². The van der Waals surface area contributed by atoms with E-state index in [-0.39, 0.29) is 23.0 Å². The summed E-state index contributed by atoms with van der Waals surface area (Å²) in [7, 11) is 0. The fourth-order valence-electron chi connectivity index (χ4n) is 3.07. The second-order valence-electron chi connectivity index (χ2n) is 7.16. The number of esters is 1. The summed E-state index contributed by atoms with van der Waals surface area (Å²) in [6.07, 6.45) is 0. The molecule has 3 aromatic carbocycles. The molecule has 0 aromatic heterocycles. The van der Waals surface area contributed by atoms with Crippen LogP contribution in [0.4, 0.5) is 0 Å². The maximum absolute atomic E-state index is 12.9. The van der Waals surface area contributed by atoms with Crippen LogP contribution in [0.3, 0.4) is 0 Å². The van der Waals surface area contributed by atoms with Crippen LogP contribution in [0.2, 0.25) is 5.02 Å². The first kappa shape index (κ1) is 22.2. The van der Waals surface area contributed by atoms with Crippen molar-refractivity contribution in [3.8, 4) is 0 Å². The van der Waals surface area contributed by atoms with Crippen LogP contribution in [0.5, 0.6) is 0 Å². The lowest BCUT2D eigenvalue weighted by Crippen LogP contribution is -2.31. The highest BCUT2D eigenvalue weighted by Crippen LogP contribution is 2.18. The Morgan fingerprint density at radius 3 is 2.29 bits per heavy atom. The Morgan fingerprint density at radius 1 is 0.935 bits per heavy atom. The fraction of sp³-hybridized carbons (Fsp3) is 0.160. The summed E-state index contributed by atoms with van der Waals surface area (Å²) in [5.74, 6) is -1.48. The number of halogens is 1. The molecule has 6 heteroatoms. The lowest BCUT2D eigenvalue weighted by molar-refractivity contribution is -0.124. The molecule has 0 bridgehead atoms. The smallest absolute Gasteiger partial charge is 0.339 e. The van der Waals surface area contributed by atoms with Gasteiger partial charge in [0.05, 0.1) is 11.6 Å². The zero-order valence-corrected chi connectivity index (χ0v) is 18.0. The van der Waals surface area contributed by atoms with Gasteiger partial charge >= 0.3 is 5.97 Å². The quantitative estimate of drug-likeness (QED) is 0.422. The van der Waals surface area contributed by atoms with Crippen molar-refractivity contribution in [2.75, 3.05) is 6.61 Å². The number of hydrogen-bond donors (Lipinski definition) is 1. The number of benzene rings is 3. The van der Waals surface area contributed by atoms with Crippen LogP contribution in [0.15, 0.2) is 72.8 Å². The van der Waals surface area contributed by atoms with Crippen molar-refractivity contribution >= 4 is 29.3 Å². The monoisotopic (exact) mass is 435 g/mol. The molecule has 0 aliphatic rings.